The molecule has 118 valence electrons. The van der Waals surface area contributed by atoms with Gasteiger partial charge in [0.2, 0.25) is 0 Å². The van der Waals surface area contributed by atoms with Gasteiger partial charge in [0.1, 0.15) is 5.69 Å². The standard InChI is InChI=1S/C20H17N3O/c1-23-18(17-10-6-5-9-16(17)13-21)11-12-19(23)20(24)22-14-15-7-3-2-4-8-15/h2-12H,14H2,1H3,(H,22,24). The van der Waals surface area contributed by atoms with Crippen LogP contribution in [0.25, 0.3) is 11.3 Å². The molecule has 2 aromatic carbocycles. The van der Waals surface area contributed by atoms with Crippen molar-refractivity contribution >= 4 is 5.91 Å². The molecule has 1 heterocycles. The fourth-order valence-corrected chi connectivity index (χ4v) is 2.68. The number of carbonyl (C=O) groups is 1. The molecule has 1 aromatic heterocycles. The van der Waals surface area contributed by atoms with Gasteiger partial charge in [-0.3, -0.25) is 4.79 Å². The van der Waals surface area contributed by atoms with Crippen LogP contribution in [-0.4, -0.2) is 10.5 Å². The third-order valence-corrected chi connectivity index (χ3v) is 3.97. The van der Waals surface area contributed by atoms with E-state index in [0.29, 0.717) is 17.8 Å². The number of nitrogens with zero attached hydrogens (tertiary/aromatic N) is 2. The summed E-state index contributed by atoms with van der Waals surface area (Å²) in [4.78, 5) is 12.4. The molecule has 0 spiro atoms. The van der Waals surface area contributed by atoms with Gasteiger partial charge >= 0.3 is 0 Å². The summed E-state index contributed by atoms with van der Waals surface area (Å²) in [6.07, 6.45) is 0. The highest BCUT2D eigenvalue weighted by Crippen LogP contribution is 2.25. The molecule has 0 radical (unpaired) electrons. The summed E-state index contributed by atoms with van der Waals surface area (Å²) >= 11 is 0. The highest BCUT2D eigenvalue weighted by atomic mass is 16.1. The number of nitrogens with one attached hydrogen (secondary N) is 1. The van der Waals surface area contributed by atoms with E-state index in [1.54, 1.807) is 12.1 Å². The molecule has 1 amide bonds. The van der Waals surface area contributed by atoms with Gasteiger partial charge in [0, 0.05) is 24.8 Å². The van der Waals surface area contributed by atoms with Crippen molar-refractivity contribution in [3.63, 3.8) is 0 Å². The predicted molar refractivity (Wildman–Crippen MR) is 93.2 cm³/mol. The number of nitriles is 1. The zero-order valence-electron chi connectivity index (χ0n) is 13.4. The maximum atomic E-state index is 12.4. The van der Waals surface area contributed by atoms with Crippen molar-refractivity contribution in [2.45, 2.75) is 6.54 Å². The molecule has 1 N–H and O–H groups in total. The number of carbonyl (C=O) groups excluding carboxylic acids is 1. The molecule has 0 fully saturated rings. The molecule has 0 atom stereocenters. The van der Waals surface area contributed by atoms with Gasteiger partial charge in [-0.2, -0.15) is 5.26 Å². The van der Waals surface area contributed by atoms with Crippen LogP contribution in [0.1, 0.15) is 21.6 Å². The van der Waals surface area contributed by atoms with E-state index in [4.69, 9.17) is 0 Å². The molecule has 0 aliphatic heterocycles. The molecule has 0 aliphatic rings. The molecule has 4 heteroatoms. The molecular formula is C20H17N3O. The van der Waals surface area contributed by atoms with Gasteiger partial charge in [-0.15, -0.1) is 0 Å². The van der Waals surface area contributed by atoms with Crippen molar-refractivity contribution < 1.29 is 4.79 Å². The number of aromatic nitrogens is 1. The second kappa shape index (κ2) is 6.84. The molecule has 0 saturated carbocycles. The van der Waals surface area contributed by atoms with E-state index in [0.717, 1.165) is 16.8 Å². The zero-order chi connectivity index (χ0) is 16.9. The van der Waals surface area contributed by atoms with E-state index in [1.807, 2.05) is 66.2 Å². The molecular weight excluding hydrogens is 298 g/mol. The van der Waals surface area contributed by atoms with Crippen molar-refractivity contribution in [2.24, 2.45) is 7.05 Å². The third kappa shape index (κ3) is 3.06. The van der Waals surface area contributed by atoms with Crippen LogP contribution in [-0.2, 0) is 13.6 Å². The van der Waals surface area contributed by atoms with Crippen LogP contribution >= 0.6 is 0 Å². The van der Waals surface area contributed by atoms with E-state index in [9.17, 15) is 10.1 Å². The lowest BCUT2D eigenvalue weighted by molar-refractivity contribution is 0.0943. The maximum absolute atomic E-state index is 12.4. The van der Waals surface area contributed by atoms with E-state index >= 15 is 0 Å². The first kappa shape index (κ1) is 15.6. The molecule has 3 aromatic rings. The van der Waals surface area contributed by atoms with Crippen LogP contribution in [0.3, 0.4) is 0 Å². The monoisotopic (exact) mass is 315 g/mol. The Morgan fingerprint density at radius 1 is 1.04 bits per heavy atom. The predicted octanol–water partition coefficient (Wildman–Crippen LogP) is 3.49. The minimum absolute atomic E-state index is 0.137. The number of hydrogen-bond donors (Lipinski definition) is 1. The Kier molecular flexibility index (Phi) is 4.44. The Morgan fingerprint density at radius 3 is 2.50 bits per heavy atom. The molecule has 3 rings (SSSR count). The van der Waals surface area contributed by atoms with Crippen molar-refractivity contribution in [3.8, 4) is 17.3 Å². The van der Waals surface area contributed by atoms with Crippen LogP contribution in [0.2, 0.25) is 0 Å². The number of amides is 1. The molecule has 24 heavy (non-hydrogen) atoms. The number of hydrogen-bond acceptors (Lipinski definition) is 2. The Labute approximate surface area is 141 Å². The first-order valence-electron chi connectivity index (χ1n) is 7.68. The smallest absolute Gasteiger partial charge is 0.268 e. The van der Waals surface area contributed by atoms with Gasteiger partial charge in [0.05, 0.1) is 11.6 Å². The molecule has 4 nitrogen and oxygen atoms in total. The second-order valence-electron chi connectivity index (χ2n) is 5.49. The topological polar surface area (TPSA) is 57.8 Å². The molecule has 0 unspecified atom stereocenters. The van der Waals surface area contributed by atoms with Crippen molar-refractivity contribution in [2.75, 3.05) is 0 Å². The van der Waals surface area contributed by atoms with E-state index in [-0.39, 0.29) is 5.91 Å². The fourth-order valence-electron chi connectivity index (χ4n) is 2.68. The van der Waals surface area contributed by atoms with Gasteiger partial charge in [0.25, 0.3) is 5.91 Å². The average Bonchev–Trinajstić information content (AvgIpc) is 3.02. The molecule has 0 aliphatic carbocycles. The Balaban J connectivity index is 1.82. The lowest BCUT2D eigenvalue weighted by Gasteiger charge is -2.10. The van der Waals surface area contributed by atoms with Gasteiger partial charge in [-0.25, -0.2) is 0 Å². The van der Waals surface area contributed by atoms with Crippen molar-refractivity contribution in [1.82, 2.24) is 9.88 Å². The second-order valence-corrected chi connectivity index (χ2v) is 5.49. The Hall–Kier alpha value is -3.32. The highest BCUT2D eigenvalue weighted by Gasteiger charge is 2.15. The van der Waals surface area contributed by atoms with Crippen molar-refractivity contribution in [1.29, 1.82) is 5.26 Å². The molecule has 0 saturated heterocycles. The third-order valence-electron chi connectivity index (χ3n) is 3.97. The minimum atomic E-state index is -0.137. The number of rotatable bonds is 4. The summed E-state index contributed by atoms with van der Waals surface area (Å²) in [6, 6.07) is 23.0. The average molecular weight is 315 g/mol. The fraction of sp³-hybridized carbons (Fsp3) is 0.100. The van der Waals surface area contributed by atoms with Gasteiger partial charge in [-0.1, -0.05) is 48.5 Å². The van der Waals surface area contributed by atoms with Crippen LogP contribution < -0.4 is 5.32 Å². The lowest BCUT2D eigenvalue weighted by atomic mass is 10.1. The van der Waals surface area contributed by atoms with Crippen LogP contribution in [0.5, 0.6) is 0 Å². The van der Waals surface area contributed by atoms with Crippen LogP contribution in [0.4, 0.5) is 0 Å². The largest absolute Gasteiger partial charge is 0.347 e. The molecule has 0 bridgehead atoms. The summed E-state index contributed by atoms with van der Waals surface area (Å²) < 4.78 is 1.82. The Bertz CT molecular complexity index is 904. The SMILES string of the molecule is Cn1c(C(=O)NCc2ccccc2)ccc1-c1ccccc1C#N. The highest BCUT2D eigenvalue weighted by molar-refractivity contribution is 5.94. The summed E-state index contributed by atoms with van der Waals surface area (Å²) in [6.45, 7) is 0.481. The maximum Gasteiger partial charge on any atom is 0.268 e. The van der Waals surface area contributed by atoms with E-state index in [2.05, 4.69) is 11.4 Å². The summed E-state index contributed by atoms with van der Waals surface area (Å²) in [5, 5.41) is 12.2. The van der Waals surface area contributed by atoms with Gasteiger partial charge in [0.15, 0.2) is 0 Å². The van der Waals surface area contributed by atoms with Crippen LogP contribution in [0.15, 0.2) is 66.7 Å². The number of benzene rings is 2. The van der Waals surface area contributed by atoms with E-state index < -0.39 is 0 Å². The quantitative estimate of drug-likeness (QED) is 0.801. The Morgan fingerprint density at radius 2 is 1.75 bits per heavy atom. The first-order chi connectivity index (χ1) is 11.7. The van der Waals surface area contributed by atoms with E-state index in [1.165, 1.54) is 0 Å². The van der Waals surface area contributed by atoms with Gasteiger partial charge in [-0.05, 0) is 23.8 Å². The summed E-state index contributed by atoms with van der Waals surface area (Å²) in [5.74, 6) is -0.137. The van der Waals surface area contributed by atoms with Gasteiger partial charge < -0.3 is 9.88 Å². The summed E-state index contributed by atoms with van der Waals surface area (Å²) in [5.41, 5.74) is 3.88. The lowest BCUT2D eigenvalue weighted by Crippen LogP contribution is -2.25. The normalized spacial score (nSPS) is 10.2. The van der Waals surface area contributed by atoms with Crippen molar-refractivity contribution in [3.05, 3.63) is 83.6 Å². The van der Waals surface area contributed by atoms with Crippen LogP contribution in [0, 0.1) is 11.3 Å². The minimum Gasteiger partial charge on any atom is -0.347 e. The first-order valence-corrected chi connectivity index (χ1v) is 7.68. The summed E-state index contributed by atoms with van der Waals surface area (Å²) in [7, 11) is 1.83. The zero-order valence-corrected chi connectivity index (χ0v) is 13.4.